The maximum absolute atomic E-state index is 12.4. The molecule has 1 aliphatic rings. The number of rotatable bonds is 7. The highest BCUT2D eigenvalue weighted by Gasteiger charge is 2.18. The maximum Gasteiger partial charge on any atom is 0.273 e. The zero-order valence-electron chi connectivity index (χ0n) is 17.0. The third-order valence-electron chi connectivity index (χ3n) is 5.28. The largest absolute Gasteiger partial charge is 0.489 e. The van der Waals surface area contributed by atoms with Gasteiger partial charge in [-0.2, -0.15) is 0 Å². The smallest absolute Gasteiger partial charge is 0.273 e. The topological polar surface area (TPSA) is 88.2 Å². The molecule has 31 heavy (non-hydrogen) atoms. The minimum absolute atomic E-state index is 0.0650. The standard InChI is InChI=1S/C23H23ClN4O3/c24-19-6-2-1-5-17(19)15-31-18-9-7-16(8-10-18)22-25-23(30)20(26-27-22)11-12-21(29)28-13-3-4-14-28/h1-2,5-10H,3-4,11-15H2,(H,25,27,30). The molecule has 4 rings (SSSR count). The molecule has 2 heterocycles. The first kappa shape index (κ1) is 21.1. The zero-order chi connectivity index (χ0) is 21.6. The molecule has 2 aromatic carbocycles. The number of aryl methyl sites for hydroxylation is 1. The SMILES string of the molecule is O=C(CCc1nnc(-c2ccc(OCc3ccccc3Cl)cc2)[nH]c1=O)N1CCCC1. The Balaban J connectivity index is 1.36. The fraction of sp³-hybridized carbons (Fsp3) is 0.304. The predicted molar refractivity (Wildman–Crippen MR) is 118 cm³/mol. The molecule has 7 nitrogen and oxygen atoms in total. The van der Waals surface area contributed by atoms with Crippen LogP contribution in [0.15, 0.2) is 53.3 Å². The van der Waals surface area contributed by atoms with Gasteiger partial charge in [0.25, 0.3) is 5.56 Å². The van der Waals surface area contributed by atoms with Gasteiger partial charge in [-0.15, -0.1) is 10.2 Å². The number of ether oxygens (including phenoxy) is 1. The lowest BCUT2D eigenvalue weighted by Crippen LogP contribution is -2.28. The number of nitrogens with zero attached hydrogens (tertiary/aromatic N) is 3. The van der Waals surface area contributed by atoms with Crippen molar-refractivity contribution in [2.45, 2.75) is 32.3 Å². The molecule has 1 fully saturated rings. The number of nitrogens with one attached hydrogen (secondary N) is 1. The number of hydrogen-bond acceptors (Lipinski definition) is 5. The summed E-state index contributed by atoms with van der Waals surface area (Å²) in [6.07, 6.45) is 2.65. The highest BCUT2D eigenvalue weighted by atomic mass is 35.5. The predicted octanol–water partition coefficient (Wildman–Crippen LogP) is 3.62. The van der Waals surface area contributed by atoms with E-state index in [2.05, 4.69) is 15.2 Å². The Bertz CT molecular complexity index is 1110. The molecule has 0 unspecified atom stereocenters. The number of aromatic amines is 1. The van der Waals surface area contributed by atoms with E-state index in [-0.39, 0.29) is 30.0 Å². The molecule has 0 bridgehead atoms. The van der Waals surface area contributed by atoms with E-state index in [9.17, 15) is 9.59 Å². The molecular weight excluding hydrogens is 416 g/mol. The van der Waals surface area contributed by atoms with E-state index < -0.39 is 0 Å². The monoisotopic (exact) mass is 438 g/mol. The van der Waals surface area contributed by atoms with Crippen molar-refractivity contribution in [2.75, 3.05) is 13.1 Å². The lowest BCUT2D eigenvalue weighted by atomic mass is 10.2. The number of aromatic nitrogens is 3. The molecule has 0 atom stereocenters. The molecule has 1 N–H and O–H groups in total. The quantitative estimate of drug-likeness (QED) is 0.608. The molecule has 0 radical (unpaired) electrons. The van der Waals surface area contributed by atoms with Crippen molar-refractivity contribution in [3.05, 3.63) is 75.2 Å². The van der Waals surface area contributed by atoms with E-state index in [4.69, 9.17) is 16.3 Å². The summed E-state index contributed by atoms with van der Waals surface area (Å²) in [6, 6.07) is 14.7. The second-order valence-electron chi connectivity index (χ2n) is 7.44. The number of benzene rings is 2. The third kappa shape index (κ3) is 5.30. The van der Waals surface area contributed by atoms with Gasteiger partial charge in [0.15, 0.2) is 5.82 Å². The number of likely N-dealkylation sites (tertiary alicyclic amines) is 1. The van der Waals surface area contributed by atoms with Crippen LogP contribution in [0.2, 0.25) is 5.02 Å². The summed E-state index contributed by atoms with van der Waals surface area (Å²) in [5, 5.41) is 8.84. The molecule has 0 spiro atoms. The van der Waals surface area contributed by atoms with Gasteiger partial charge in [0.05, 0.1) is 0 Å². The number of carbonyl (C=O) groups is 1. The first-order valence-corrected chi connectivity index (χ1v) is 10.7. The number of carbonyl (C=O) groups excluding carboxylic acids is 1. The summed E-state index contributed by atoms with van der Waals surface area (Å²) in [5.74, 6) is 1.11. The Labute approximate surface area is 185 Å². The van der Waals surface area contributed by atoms with Crippen LogP contribution in [0.4, 0.5) is 0 Å². The van der Waals surface area contributed by atoms with Crippen LogP contribution in [0.5, 0.6) is 5.75 Å². The third-order valence-corrected chi connectivity index (χ3v) is 5.65. The van der Waals surface area contributed by atoms with Gasteiger partial charge < -0.3 is 14.6 Å². The van der Waals surface area contributed by atoms with Crippen molar-refractivity contribution in [1.29, 1.82) is 0 Å². The molecule has 3 aromatic rings. The van der Waals surface area contributed by atoms with E-state index in [1.807, 2.05) is 29.2 Å². The first-order valence-electron chi connectivity index (χ1n) is 10.3. The second-order valence-corrected chi connectivity index (χ2v) is 7.85. The fourth-order valence-electron chi connectivity index (χ4n) is 3.49. The van der Waals surface area contributed by atoms with Gasteiger partial charge in [0.1, 0.15) is 18.1 Å². The summed E-state index contributed by atoms with van der Waals surface area (Å²) in [6.45, 7) is 1.97. The molecule has 1 saturated heterocycles. The van der Waals surface area contributed by atoms with Crippen LogP contribution in [0.25, 0.3) is 11.4 Å². The van der Waals surface area contributed by atoms with Crippen LogP contribution >= 0.6 is 11.6 Å². The van der Waals surface area contributed by atoms with Crippen molar-refractivity contribution in [3.8, 4) is 17.1 Å². The van der Waals surface area contributed by atoms with Gasteiger partial charge in [0, 0.05) is 42.1 Å². The first-order chi connectivity index (χ1) is 15.1. The Morgan fingerprint density at radius 1 is 1.06 bits per heavy atom. The van der Waals surface area contributed by atoms with Crippen LogP contribution in [0.3, 0.4) is 0 Å². The summed E-state index contributed by atoms with van der Waals surface area (Å²) in [5.41, 5.74) is 1.57. The molecule has 160 valence electrons. The Kier molecular flexibility index (Phi) is 6.62. The molecule has 1 aliphatic heterocycles. The Morgan fingerprint density at radius 2 is 1.81 bits per heavy atom. The zero-order valence-corrected chi connectivity index (χ0v) is 17.8. The van der Waals surface area contributed by atoms with Gasteiger partial charge in [0.2, 0.25) is 5.91 Å². The maximum atomic E-state index is 12.4. The lowest BCUT2D eigenvalue weighted by Gasteiger charge is -2.14. The minimum Gasteiger partial charge on any atom is -0.489 e. The molecule has 0 saturated carbocycles. The lowest BCUT2D eigenvalue weighted by molar-refractivity contribution is -0.130. The van der Waals surface area contributed by atoms with Gasteiger partial charge in [-0.05, 0) is 43.2 Å². The summed E-state index contributed by atoms with van der Waals surface area (Å²) < 4.78 is 5.77. The van der Waals surface area contributed by atoms with Crippen molar-refractivity contribution >= 4 is 17.5 Å². The van der Waals surface area contributed by atoms with E-state index in [1.165, 1.54) is 0 Å². The van der Waals surface area contributed by atoms with Crippen LogP contribution in [-0.4, -0.2) is 39.1 Å². The summed E-state index contributed by atoms with van der Waals surface area (Å²) in [4.78, 5) is 29.1. The molecule has 1 aromatic heterocycles. The van der Waals surface area contributed by atoms with Gasteiger partial charge in [-0.3, -0.25) is 9.59 Å². The Hall–Kier alpha value is -3.19. The number of hydrogen-bond donors (Lipinski definition) is 1. The number of halogens is 1. The number of H-pyrrole nitrogens is 1. The fourth-order valence-corrected chi connectivity index (χ4v) is 3.68. The molecule has 0 aliphatic carbocycles. The van der Waals surface area contributed by atoms with Crippen LogP contribution < -0.4 is 10.3 Å². The van der Waals surface area contributed by atoms with Gasteiger partial charge in [-0.1, -0.05) is 29.8 Å². The van der Waals surface area contributed by atoms with Crippen molar-refractivity contribution in [2.24, 2.45) is 0 Å². The summed E-state index contributed by atoms with van der Waals surface area (Å²) >= 11 is 6.15. The molecular formula is C23H23ClN4O3. The van der Waals surface area contributed by atoms with E-state index >= 15 is 0 Å². The van der Waals surface area contributed by atoms with Crippen LogP contribution in [0, 0.1) is 0 Å². The number of amides is 1. The summed E-state index contributed by atoms with van der Waals surface area (Å²) in [7, 11) is 0. The minimum atomic E-state index is -0.321. The van der Waals surface area contributed by atoms with E-state index in [0.717, 1.165) is 37.1 Å². The van der Waals surface area contributed by atoms with Crippen LogP contribution in [0.1, 0.15) is 30.5 Å². The van der Waals surface area contributed by atoms with Crippen LogP contribution in [-0.2, 0) is 17.8 Å². The molecule has 8 heteroatoms. The average molecular weight is 439 g/mol. The van der Waals surface area contributed by atoms with Gasteiger partial charge >= 0.3 is 0 Å². The van der Waals surface area contributed by atoms with E-state index in [0.29, 0.717) is 23.2 Å². The van der Waals surface area contributed by atoms with E-state index in [1.54, 1.807) is 24.3 Å². The molecule has 1 amide bonds. The highest BCUT2D eigenvalue weighted by Crippen LogP contribution is 2.21. The normalized spacial score (nSPS) is 13.4. The Morgan fingerprint density at radius 3 is 2.52 bits per heavy atom. The van der Waals surface area contributed by atoms with Crippen molar-refractivity contribution < 1.29 is 9.53 Å². The second kappa shape index (κ2) is 9.75. The van der Waals surface area contributed by atoms with Crippen molar-refractivity contribution in [3.63, 3.8) is 0 Å². The van der Waals surface area contributed by atoms with Gasteiger partial charge in [-0.25, -0.2) is 0 Å². The average Bonchev–Trinajstić information content (AvgIpc) is 3.33. The van der Waals surface area contributed by atoms with Crippen molar-refractivity contribution in [1.82, 2.24) is 20.1 Å². The highest BCUT2D eigenvalue weighted by molar-refractivity contribution is 6.31.